The number of alkyl carbamates (subject to hydrolysis) is 1. The lowest BCUT2D eigenvalue weighted by atomic mass is 9.81. The lowest BCUT2D eigenvalue weighted by molar-refractivity contribution is 0.0194. The monoisotopic (exact) mass is 325 g/mol. The van der Waals surface area contributed by atoms with Crippen molar-refractivity contribution in [1.29, 1.82) is 0 Å². The van der Waals surface area contributed by atoms with Crippen LogP contribution in [0.5, 0.6) is 0 Å². The van der Waals surface area contributed by atoms with Crippen LogP contribution in [-0.4, -0.2) is 42.4 Å². The molecule has 0 spiro atoms. The Morgan fingerprint density at radius 3 is 2.39 bits per heavy atom. The van der Waals surface area contributed by atoms with E-state index in [4.69, 9.17) is 4.74 Å². The van der Waals surface area contributed by atoms with Crippen LogP contribution in [0.1, 0.15) is 66.2 Å². The second kappa shape index (κ2) is 9.04. The number of aliphatic imine (C=N–C) groups is 1. The maximum Gasteiger partial charge on any atom is 0.407 e. The molecule has 1 saturated heterocycles. The number of ether oxygens (including phenoxy) is 1. The van der Waals surface area contributed by atoms with Crippen LogP contribution in [0.2, 0.25) is 0 Å². The molecule has 6 heteroatoms. The van der Waals surface area contributed by atoms with Gasteiger partial charge in [-0.05, 0) is 40.5 Å². The average Bonchev–Trinajstić information content (AvgIpc) is 2.38. The number of carbonyl (C=O) groups excluding carboxylic acids is 2. The third-order valence-corrected chi connectivity index (χ3v) is 3.96. The molecule has 132 valence electrons. The summed E-state index contributed by atoms with van der Waals surface area (Å²) in [5.41, 5.74) is -0.0621. The normalized spacial score (nSPS) is 19.7. The summed E-state index contributed by atoms with van der Waals surface area (Å²) in [4.78, 5) is 25.3. The van der Waals surface area contributed by atoms with Gasteiger partial charge in [0.1, 0.15) is 6.10 Å². The summed E-state index contributed by atoms with van der Waals surface area (Å²) in [6, 6.07) is 0. The predicted octanol–water partition coefficient (Wildman–Crippen LogP) is 2.92. The molecule has 23 heavy (non-hydrogen) atoms. The van der Waals surface area contributed by atoms with E-state index in [-0.39, 0.29) is 23.3 Å². The van der Waals surface area contributed by atoms with Crippen molar-refractivity contribution < 1.29 is 14.3 Å². The van der Waals surface area contributed by atoms with Crippen LogP contribution < -0.4 is 10.6 Å². The Kier molecular flexibility index (Phi) is 7.73. The SMILES string of the molecule is CC1(C)CC(OC(=O)NCCCCCCN=C=O)CC(C)(C)N1. The first-order chi connectivity index (χ1) is 10.7. The van der Waals surface area contributed by atoms with E-state index in [9.17, 15) is 9.59 Å². The summed E-state index contributed by atoms with van der Waals surface area (Å²) in [7, 11) is 0. The van der Waals surface area contributed by atoms with Gasteiger partial charge in [-0.3, -0.25) is 0 Å². The molecule has 0 aromatic carbocycles. The molecule has 0 unspecified atom stereocenters. The Morgan fingerprint density at radius 1 is 1.17 bits per heavy atom. The number of carbonyl (C=O) groups is 1. The van der Waals surface area contributed by atoms with E-state index in [0.29, 0.717) is 13.1 Å². The van der Waals surface area contributed by atoms with Gasteiger partial charge in [-0.2, -0.15) is 0 Å². The molecule has 6 nitrogen and oxygen atoms in total. The van der Waals surface area contributed by atoms with E-state index in [1.807, 2.05) is 0 Å². The van der Waals surface area contributed by atoms with Crippen molar-refractivity contribution >= 4 is 12.2 Å². The number of unbranched alkanes of at least 4 members (excludes halogenated alkanes) is 3. The molecule has 2 N–H and O–H groups in total. The Balaban J connectivity index is 2.17. The number of isocyanates is 1. The summed E-state index contributed by atoms with van der Waals surface area (Å²) in [6.45, 7) is 9.70. The molecule has 1 heterocycles. The van der Waals surface area contributed by atoms with Crippen LogP contribution in [0.25, 0.3) is 0 Å². The van der Waals surface area contributed by atoms with Crippen molar-refractivity contribution in [2.24, 2.45) is 4.99 Å². The van der Waals surface area contributed by atoms with Gasteiger partial charge in [-0.25, -0.2) is 14.6 Å². The van der Waals surface area contributed by atoms with Crippen LogP contribution >= 0.6 is 0 Å². The molecule has 0 saturated carbocycles. The number of piperidine rings is 1. The minimum absolute atomic E-state index is 0.0311. The highest BCUT2D eigenvalue weighted by atomic mass is 16.6. The number of hydrogen-bond acceptors (Lipinski definition) is 5. The highest BCUT2D eigenvalue weighted by Crippen LogP contribution is 2.30. The van der Waals surface area contributed by atoms with E-state index < -0.39 is 0 Å². The van der Waals surface area contributed by atoms with Crippen LogP contribution in [0.4, 0.5) is 4.79 Å². The largest absolute Gasteiger partial charge is 0.446 e. The zero-order valence-electron chi connectivity index (χ0n) is 14.9. The van der Waals surface area contributed by atoms with Gasteiger partial charge >= 0.3 is 6.09 Å². The van der Waals surface area contributed by atoms with E-state index in [1.54, 1.807) is 0 Å². The van der Waals surface area contributed by atoms with Gasteiger partial charge in [0.25, 0.3) is 0 Å². The molecule has 0 atom stereocenters. The lowest BCUT2D eigenvalue weighted by Crippen LogP contribution is -2.60. The van der Waals surface area contributed by atoms with Crippen molar-refractivity contribution in [3.05, 3.63) is 0 Å². The fourth-order valence-electron chi connectivity index (χ4n) is 3.41. The highest BCUT2D eigenvalue weighted by Gasteiger charge is 2.39. The highest BCUT2D eigenvalue weighted by molar-refractivity contribution is 5.67. The standard InChI is InChI=1S/C17H31N3O3/c1-16(2)11-14(12-17(3,4)20-16)23-15(22)19-10-8-6-5-7-9-18-13-21/h14,20H,5-12H2,1-4H3,(H,19,22). The van der Waals surface area contributed by atoms with Gasteiger partial charge in [0.2, 0.25) is 6.08 Å². The Bertz CT molecular complexity index is 413. The summed E-state index contributed by atoms with van der Waals surface area (Å²) in [5, 5.41) is 6.39. The van der Waals surface area contributed by atoms with Gasteiger partial charge in [-0.1, -0.05) is 12.8 Å². The molecule has 0 aromatic heterocycles. The predicted molar refractivity (Wildman–Crippen MR) is 90.3 cm³/mol. The number of amides is 1. The van der Waals surface area contributed by atoms with Gasteiger partial charge in [0.05, 0.1) is 6.54 Å². The molecule has 1 amide bonds. The first kappa shape index (κ1) is 19.7. The smallest absolute Gasteiger partial charge is 0.407 e. The topological polar surface area (TPSA) is 79.8 Å². The zero-order valence-corrected chi connectivity index (χ0v) is 14.9. The first-order valence-corrected chi connectivity index (χ1v) is 8.52. The van der Waals surface area contributed by atoms with E-state index in [0.717, 1.165) is 38.5 Å². The molecule has 0 bridgehead atoms. The van der Waals surface area contributed by atoms with E-state index in [2.05, 4.69) is 43.3 Å². The zero-order chi connectivity index (χ0) is 17.3. The average molecular weight is 325 g/mol. The van der Waals surface area contributed by atoms with Gasteiger partial charge < -0.3 is 15.4 Å². The maximum absolute atomic E-state index is 11.9. The minimum Gasteiger partial charge on any atom is -0.446 e. The Hall–Kier alpha value is -1.39. The second-order valence-electron chi connectivity index (χ2n) is 7.64. The minimum atomic E-state index is -0.325. The molecule has 1 rings (SSSR count). The van der Waals surface area contributed by atoms with Crippen LogP contribution in [-0.2, 0) is 9.53 Å². The van der Waals surface area contributed by atoms with Crippen molar-refractivity contribution in [3.8, 4) is 0 Å². The number of hydrogen-bond donors (Lipinski definition) is 2. The lowest BCUT2D eigenvalue weighted by Gasteiger charge is -2.45. The van der Waals surface area contributed by atoms with Crippen LogP contribution in [0, 0.1) is 0 Å². The fourth-order valence-corrected chi connectivity index (χ4v) is 3.41. The Labute approximate surface area is 139 Å². The van der Waals surface area contributed by atoms with Crippen molar-refractivity contribution in [3.63, 3.8) is 0 Å². The molecule has 0 radical (unpaired) electrons. The third-order valence-electron chi connectivity index (χ3n) is 3.96. The van der Waals surface area contributed by atoms with Crippen molar-refractivity contribution in [1.82, 2.24) is 10.6 Å². The quantitative estimate of drug-likeness (QED) is 0.408. The maximum atomic E-state index is 11.9. The molecular weight excluding hydrogens is 294 g/mol. The molecule has 1 aliphatic heterocycles. The van der Waals surface area contributed by atoms with E-state index >= 15 is 0 Å². The Morgan fingerprint density at radius 2 is 1.78 bits per heavy atom. The summed E-state index contributed by atoms with van der Waals surface area (Å²) >= 11 is 0. The van der Waals surface area contributed by atoms with Crippen molar-refractivity contribution in [2.45, 2.75) is 83.4 Å². The van der Waals surface area contributed by atoms with Gasteiger partial charge in [0.15, 0.2) is 0 Å². The number of nitrogens with one attached hydrogen (secondary N) is 2. The fraction of sp³-hybridized carbons (Fsp3) is 0.882. The summed E-state index contributed by atoms with van der Waals surface area (Å²) in [6.07, 6.45) is 6.59. The summed E-state index contributed by atoms with van der Waals surface area (Å²) in [5.74, 6) is 0. The number of rotatable bonds is 8. The van der Waals surface area contributed by atoms with Crippen LogP contribution in [0.15, 0.2) is 4.99 Å². The van der Waals surface area contributed by atoms with Gasteiger partial charge in [-0.15, -0.1) is 0 Å². The first-order valence-electron chi connectivity index (χ1n) is 8.52. The molecule has 1 aliphatic rings. The van der Waals surface area contributed by atoms with E-state index in [1.165, 1.54) is 6.08 Å². The van der Waals surface area contributed by atoms with Crippen LogP contribution in [0.3, 0.4) is 0 Å². The summed E-state index contributed by atoms with van der Waals surface area (Å²) < 4.78 is 5.57. The molecular formula is C17H31N3O3. The molecule has 0 aromatic rings. The molecule has 0 aliphatic carbocycles. The molecule has 1 fully saturated rings. The third kappa shape index (κ3) is 8.72. The second-order valence-corrected chi connectivity index (χ2v) is 7.64. The number of nitrogens with zero attached hydrogens (tertiary/aromatic N) is 1. The van der Waals surface area contributed by atoms with Crippen molar-refractivity contribution in [2.75, 3.05) is 13.1 Å². The van der Waals surface area contributed by atoms with Gasteiger partial charge in [0, 0.05) is 30.5 Å².